The van der Waals surface area contributed by atoms with Crippen molar-refractivity contribution in [2.45, 2.75) is 0 Å². The van der Waals surface area contributed by atoms with Crippen LogP contribution in [0.25, 0.3) is 0 Å². The third-order valence-corrected chi connectivity index (χ3v) is 4.23. The molecule has 0 fully saturated rings. The van der Waals surface area contributed by atoms with Crippen LogP contribution in [0.2, 0.25) is 0 Å². The molecule has 0 saturated carbocycles. The number of methoxy groups -OCH3 is 2. The summed E-state index contributed by atoms with van der Waals surface area (Å²) in [7, 11) is 2.32. The summed E-state index contributed by atoms with van der Waals surface area (Å²) < 4.78 is 9.35. The van der Waals surface area contributed by atoms with Crippen LogP contribution in [0.15, 0.2) is 48.9 Å². The summed E-state index contributed by atoms with van der Waals surface area (Å²) in [6.07, 6.45) is 2.42. The number of esters is 2. The van der Waals surface area contributed by atoms with Crippen molar-refractivity contribution in [3.8, 4) is 0 Å². The second-order valence-corrected chi connectivity index (χ2v) is 6.38. The van der Waals surface area contributed by atoms with Gasteiger partial charge in [-0.2, -0.15) is 0 Å². The second-order valence-electron chi connectivity index (χ2n) is 6.38. The Morgan fingerprint density at radius 3 is 2.15 bits per heavy atom. The summed E-state index contributed by atoms with van der Waals surface area (Å²) in [5.41, 5.74) is 4.18. The number of amides is 1. The van der Waals surface area contributed by atoms with E-state index in [9.17, 15) is 24.5 Å². The highest BCUT2D eigenvalue weighted by molar-refractivity contribution is 5.97. The molecule has 0 atom stereocenters. The molecule has 3 aromatic rings. The fourth-order valence-electron chi connectivity index (χ4n) is 2.72. The van der Waals surface area contributed by atoms with E-state index < -0.39 is 28.5 Å². The lowest BCUT2D eigenvalue weighted by molar-refractivity contribution is -0.383. The molecule has 2 aromatic heterocycles. The first-order valence-electron chi connectivity index (χ1n) is 9.39. The molecule has 0 aliphatic rings. The Morgan fingerprint density at radius 2 is 1.59 bits per heavy atom. The summed E-state index contributed by atoms with van der Waals surface area (Å²) in [4.78, 5) is 58.7. The van der Waals surface area contributed by atoms with Gasteiger partial charge in [0.2, 0.25) is 11.6 Å². The quantitative estimate of drug-likeness (QED) is 0.248. The molecule has 0 unspecified atom stereocenters. The first-order chi connectivity index (χ1) is 16.3. The van der Waals surface area contributed by atoms with Crippen LogP contribution in [0.5, 0.6) is 0 Å². The van der Waals surface area contributed by atoms with Crippen LogP contribution in [0.3, 0.4) is 0 Å². The highest BCUT2D eigenvalue weighted by Crippen LogP contribution is 2.31. The van der Waals surface area contributed by atoms with Gasteiger partial charge in [0.25, 0.3) is 5.91 Å². The highest BCUT2D eigenvalue weighted by atomic mass is 16.6. The number of hydrogen-bond acceptors (Lipinski definition) is 12. The van der Waals surface area contributed by atoms with Gasteiger partial charge in [-0.15, -0.1) is 0 Å². The van der Waals surface area contributed by atoms with E-state index in [-0.39, 0.29) is 34.1 Å². The Labute approximate surface area is 191 Å². The number of carbonyl (C=O) groups is 3. The molecule has 1 aromatic carbocycles. The van der Waals surface area contributed by atoms with Crippen LogP contribution in [0.1, 0.15) is 31.2 Å². The third kappa shape index (κ3) is 5.37. The molecule has 14 heteroatoms. The number of aromatic nitrogens is 3. The largest absolute Gasteiger partial charge is 0.465 e. The van der Waals surface area contributed by atoms with Crippen molar-refractivity contribution < 1.29 is 28.8 Å². The number of benzene rings is 1. The number of nitrogens with one attached hydrogen (secondary N) is 3. The van der Waals surface area contributed by atoms with Crippen molar-refractivity contribution in [3.63, 3.8) is 0 Å². The van der Waals surface area contributed by atoms with Crippen molar-refractivity contribution in [2.75, 3.05) is 25.0 Å². The average molecular weight is 467 g/mol. The van der Waals surface area contributed by atoms with E-state index in [1.165, 1.54) is 30.5 Å². The first kappa shape index (κ1) is 23.5. The van der Waals surface area contributed by atoms with Gasteiger partial charge < -0.3 is 14.8 Å². The van der Waals surface area contributed by atoms with Crippen molar-refractivity contribution in [3.05, 3.63) is 75.9 Å². The number of nitrogens with zero attached hydrogens (tertiary/aromatic N) is 4. The Morgan fingerprint density at radius 1 is 0.941 bits per heavy atom. The highest BCUT2D eigenvalue weighted by Gasteiger charge is 2.25. The van der Waals surface area contributed by atoms with Crippen molar-refractivity contribution >= 4 is 40.9 Å². The molecule has 0 radical (unpaired) electrons. The minimum Gasteiger partial charge on any atom is -0.465 e. The van der Waals surface area contributed by atoms with Gasteiger partial charge in [-0.05, 0) is 30.3 Å². The van der Waals surface area contributed by atoms with Gasteiger partial charge in [-0.3, -0.25) is 30.7 Å². The molecule has 34 heavy (non-hydrogen) atoms. The predicted octanol–water partition coefficient (Wildman–Crippen LogP) is 1.85. The van der Waals surface area contributed by atoms with Gasteiger partial charge >= 0.3 is 17.6 Å². The summed E-state index contributed by atoms with van der Waals surface area (Å²) in [6, 6.07) is 8.53. The number of rotatable bonds is 8. The van der Waals surface area contributed by atoms with Crippen LogP contribution in [0, 0.1) is 10.1 Å². The fourth-order valence-corrected chi connectivity index (χ4v) is 2.72. The summed E-state index contributed by atoms with van der Waals surface area (Å²) in [6.45, 7) is 0. The number of anilines is 3. The molecule has 2 heterocycles. The molecular formula is C20H17N7O7. The molecule has 14 nitrogen and oxygen atoms in total. The Bertz CT molecular complexity index is 1220. The van der Waals surface area contributed by atoms with E-state index in [1.807, 2.05) is 0 Å². The minimum atomic E-state index is -0.775. The van der Waals surface area contributed by atoms with Gasteiger partial charge in [0.15, 0.2) is 0 Å². The summed E-state index contributed by atoms with van der Waals surface area (Å²) in [5.74, 6) is -2.76. The van der Waals surface area contributed by atoms with Crippen molar-refractivity contribution in [2.24, 2.45) is 0 Å². The van der Waals surface area contributed by atoms with Crippen LogP contribution >= 0.6 is 0 Å². The zero-order chi connectivity index (χ0) is 24.7. The third-order valence-electron chi connectivity index (χ3n) is 4.23. The van der Waals surface area contributed by atoms with Gasteiger partial charge in [-0.1, -0.05) is 6.07 Å². The van der Waals surface area contributed by atoms with Crippen molar-refractivity contribution in [1.82, 2.24) is 20.4 Å². The second kappa shape index (κ2) is 10.4. The molecule has 0 aliphatic carbocycles. The zero-order valence-electron chi connectivity index (χ0n) is 17.8. The summed E-state index contributed by atoms with van der Waals surface area (Å²) >= 11 is 0. The zero-order valence-corrected chi connectivity index (χ0v) is 17.8. The topological polar surface area (TPSA) is 188 Å². The Balaban J connectivity index is 1.93. The number of hydrogen-bond donors (Lipinski definition) is 3. The number of ether oxygens (including phenoxy) is 2. The molecule has 3 rings (SSSR count). The average Bonchev–Trinajstić information content (AvgIpc) is 2.86. The monoisotopic (exact) mass is 467 g/mol. The number of pyridine rings is 1. The van der Waals surface area contributed by atoms with Crippen LogP contribution < -0.4 is 16.2 Å². The standard InChI is InChI=1S/C20H17N7O7/c1-33-19(29)11-7-12(20(30)34-2)9-13(8-11)24-16-15(27(31)32)17(23-10-22-16)25-26-18(28)14-5-3-4-6-21-14/h3-10H,1-2H3,(H,26,28)(H2,22,23,24,25). The lowest BCUT2D eigenvalue weighted by atomic mass is 10.1. The molecule has 0 bridgehead atoms. The van der Waals surface area contributed by atoms with E-state index >= 15 is 0 Å². The SMILES string of the molecule is COC(=O)c1cc(Nc2ncnc(NNC(=O)c3ccccn3)c2[N+](=O)[O-])cc(C(=O)OC)c1. The molecular weight excluding hydrogens is 450 g/mol. The number of hydrazine groups is 1. The molecule has 0 spiro atoms. The Hall–Kier alpha value is -5.14. The first-order valence-corrected chi connectivity index (χ1v) is 9.39. The maximum atomic E-state index is 12.2. The summed E-state index contributed by atoms with van der Waals surface area (Å²) in [5, 5.41) is 14.4. The molecule has 0 aliphatic heterocycles. The van der Waals surface area contributed by atoms with E-state index in [4.69, 9.17) is 0 Å². The van der Waals surface area contributed by atoms with Gasteiger partial charge in [0.1, 0.15) is 12.0 Å². The smallest absolute Gasteiger partial charge is 0.355 e. The molecule has 174 valence electrons. The lowest BCUT2D eigenvalue weighted by Crippen LogP contribution is -2.31. The number of carbonyl (C=O) groups excluding carboxylic acids is 3. The maximum Gasteiger partial charge on any atom is 0.355 e. The lowest BCUT2D eigenvalue weighted by Gasteiger charge is -2.12. The number of nitro groups is 1. The van der Waals surface area contributed by atoms with Crippen LogP contribution in [-0.4, -0.2) is 51.9 Å². The van der Waals surface area contributed by atoms with E-state index in [1.54, 1.807) is 12.1 Å². The van der Waals surface area contributed by atoms with Gasteiger partial charge in [0, 0.05) is 11.9 Å². The Kier molecular flexibility index (Phi) is 7.23. The van der Waals surface area contributed by atoms with Crippen LogP contribution in [0.4, 0.5) is 23.0 Å². The van der Waals surface area contributed by atoms with E-state index in [0.29, 0.717) is 0 Å². The molecule has 0 saturated heterocycles. The predicted molar refractivity (Wildman–Crippen MR) is 116 cm³/mol. The van der Waals surface area contributed by atoms with E-state index in [0.717, 1.165) is 20.5 Å². The normalized spacial score (nSPS) is 10.1. The van der Waals surface area contributed by atoms with E-state index in [2.05, 4.69) is 40.6 Å². The maximum absolute atomic E-state index is 12.2. The van der Waals surface area contributed by atoms with Gasteiger partial charge in [-0.25, -0.2) is 19.6 Å². The van der Waals surface area contributed by atoms with Crippen molar-refractivity contribution in [1.29, 1.82) is 0 Å². The molecule has 1 amide bonds. The van der Waals surface area contributed by atoms with Gasteiger partial charge in [0.05, 0.1) is 30.3 Å². The van der Waals surface area contributed by atoms with Crippen LogP contribution in [-0.2, 0) is 9.47 Å². The molecule has 3 N–H and O–H groups in total. The minimum absolute atomic E-state index is 0.00872. The fraction of sp³-hybridized carbons (Fsp3) is 0.100.